The summed E-state index contributed by atoms with van der Waals surface area (Å²) in [6, 6.07) is 11.0. The Morgan fingerprint density at radius 2 is 1.92 bits per heavy atom. The summed E-state index contributed by atoms with van der Waals surface area (Å²) < 4.78 is 9.11. The van der Waals surface area contributed by atoms with Crippen LogP contribution in [0.15, 0.2) is 42.7 Å². The molecule has 0 amide bonds. The molecule has 0 spiro atoms. The molecular weight excluding hydrogens is 322 g/mol. The van der Waals surface area contributed by atoms with Gasteiger partial charge in [0.2, 0.25) is 0 Å². The van der Waals surface area contributed by atoms with E-state index in [1.54, 1.807) is 0 Å². The number of fused-ring (bicyclic) bond motifs is 3. The smallest absolute Gasteiger partial charge is 0.101 e. The van der Waals surface area contributed by atoms with Crippen LogP contribution in [0.25, 0.3) is 10.9 Å². The van der Waals surface area contributed by atoms with E-state index in [-0.39, 0.29) is 12.2 Å². The van der Waals surface area contributed by atoms with Crippen LogP contribution in [0.3, 0.4) is 0 Å². The molecule has 0 saturated carbocycles. The van der Waals surface area contributed by atoms with E-state index in [1.807, 2.05) is 12.4 Å². The average molecular weight is 347 g/mol. The van der Waals surface area contributed by atoms with Gasteiger partial charge in [-0.25, -0.2) is 0 Å². The Bertz CT molecular complexity index is 962. The minimum absolute atomic E-state index is 0.0601. The normalized spacial score (nSPS) is 25.9. The van der Waals surface area contributed by atoms with Crippen LogP contribution >= 0.6 is 0 Å². The average Bonchev–Trinajstić information content (AvgIpc) is 2.85. The Hall–Kier alpha value is -2.17. The van der Waals surface area contributed by atoms with E-state index in [2.05, 4.69) is 65.7 Å². The van der Waals surface area contributed by atoms with Crippen LogP contribution in [-0.4, -0.2) is 34.1 Å². The minimum Gasteiger partial charge on any atom is -0.368 e. The molecule has 0 N–H and O–H groups in total. The van der Waals surface area contributed by atoms with Gasteiger partial charge in [-0.3, -0.25) is 4.98 Å². The summed E-state index contributed by atoms with van der Waals surface area (Å²) in [7, 11) is 2.22. The van der Waals surface area contributed by atoms with Gasteiger partial charge in [-0.05, 0) is 56.3 Å². The summed E-state index contributed by atoms with van der Waals surface area (Å²) >= 11 is 0. The van der Waals surface area contributed by atoms with Crippen molar-refractivity contribution < 1.29 is 4.74 Å². The van der Waals surface area contributed by atoms with E-state index in [1.165, 1.54) is 33.3 Å². The Balaban J connectivity index is 1.73. The number of aromatic nitrogens is 2. The number of pyridine rings is 1. The molecule has 0 bridgehead atoms. The fourth-order valence-electron chi connectivity index (χ4n) is 4.80. The maximum absolute atomic E-state index is 6.58. The van der Waals surface area contributed by atoms with Crippen LogP contribution in [0.4, 0.5) is 0 Å². The second-order valence-corrected chi connectivity index (χ2v) is 7.91. The summed E-state index contributed by atoms with van der Waals surface area (Å²) in [5, 5.41) is 1.42. The van der Waals surface area contributed by atoms with Crippen molar-refractivity contribution in [3.05, 3.63) is 65.1 Å². The van der Waals surface area contributed by atoms with Gasteiger partial charge in [0.05, 0.1) is 12.6 Å². The molecule has 26 heavy (non-hydrogen) atoms. The molecule has 0 fully saturated rings. The second-order valence-electron chi connectivity index (χ2n) is 7.91. The van der Waals surface area contributed by atoms with E-state index in [0.717, 1.165) is 19.6 Å². The van der Waals surface area contributed by atoms with Crippen molar-refractivity contribution in [3.63, 3.8) is 0 Å². The third-order valence-electron chi connectivity index (χ3n) is 6.03. The predicted octanol–water partition coefficient (Wildman–Crippen LogP) is 4.03. The zero-order valence-corrected chi connectivity index (χ0v) is 15.6. The predicted molar refractivity (Wildman–Crippen MR) is 103 cm³/mol. The van der Waals surface area contributed by atoms with Gasteiger partial charge in [0.1, 0.15) is 6.10 Å². The molecule has 4 heterocycles. The molecule has 4 nitrogen and oxygen atoms in total. The number of rotatable bonds is 1. The topological polar surface area (TPSA) is 30.3 Å². The lowest BCUT2D eigenvalue weighted by atomic mass is 9.91. The van der Waals surface area contributed by atoms with Gasteiger partial charge in [-0.2, -0.15) is 0 Å². The summed E-state index contributed by atoms with van der Waals surface area (Å²) in [5.74, 6) is 0.406. The molecule has 1 aromatic carbocycles. The van der Waals surface area contributed by atoms with Gasteiger partial charge in [-0.15, -0.1) is 0 Å². The van der Waals surface area contributed by atoms with Gasteiger partial charge in [0, 0.05) is 48.0 Å². The first-order valence-corrected chi connectivity index (χ1v) is 9.47. The van der Waals surface area contributed by atoms with Crippen LogP contribution in [-0.2, 0) is 17.8 Å². The van der Waals surface area contributed by atoms with Gasteiger partial charge < -0.3 is 14.2 Å². The third kappa shape index (κ3) is 2.40. The van der Waals surface area contributed by atoms with Gasteiger partial charge in [0.25, 0.3) is 0 Å². The van der Waals surface area contributed by atoms with E-state index in [4.69, 9.17) is 4.74 Å². The highest BCUT2D eigenvalue weighted by molar-refractivity contribution is 5.87. The summed E-state index contributed by atoms with van der Waals surface area (Å²) in [6.45, 7) is 7.35. The molecule has 0 saturated heterocycles. The summed E-state index contributed by atoms with van der Waals surface area (Å²) in [6.07, 6.45) is 3.97. The summed E-state index contributed by atoms with van der Waals surface area (Å²) in [4.78, 5) is 6.61. The molecule has 3 aromatic rings. The monoisotopic (exact) mass is 347 g/mol. The van der Waals surface area contributed by atoms with E-state index >= 15 is 0 Å². The van der Waals surface area contributed by atoms with Crippen molar-refractivity contribution in [2.75, 3.05) is 13.6 Å². The van der Waals surface area contributed by atoms with Gasteiger partial charge in [0.15, 0.2) is 0 Å². The number of likely N-dealkylation sites (N-methyl/N-ethyl adjacent to an activating group) is 1. The molecule has 2 aliphatic rings. The molecule has 3 unspecified atom stereocenters. The molecule has 134 valence electrons. The Morgan fingerprint density at radius 1 is 1.12 bits per heavy atom. The van der Waals surface area contributed by atoms with Crippen molar-refractivity contribution >= 4 is 10.9 Å². The highest BCUT2D eigenvalue weighted by atomic mass is 16.5. The fourth-order valence-corrected chi connectivity index (χ4v) is 4.80. The Morgan fingerprint density at radius 3 is 2.73 bits per heavy atom. The zero-order valence-electron chi connectivity index (χ0n) is 15.6. The van der Waals surface area contributed by atoms with E-state index in [9.17, 15) is 0 Å². The minimum atomic E-state index is 0.0601. The van der Waals surface area contributed by atoms with Crippen molar-refractivity contribution in [2.45, 2.75) is 45.1 Å². The van der Waals surface area contributed by atoms with Crippen molar-refractivity contribution in [1.29, 1.82) is 0 Å². The first kappa shape index (κ1) is 16.0. The maximum atomic E-state index is 6.58. The molecule has 5 rings (SSSR count). The van der Waals surface area contributed by atoms with Crippen molar-refractivity contribution in [2.24, 2.45) is 0 Å². The standard InChI is InChI=1S/C22H25N3O/c1-14-4-5-20-17(10-14)19-12-24(3)11-18-15(2)26-21(13-25(20)22(18)19)16-6-8-23-9-7-16/h4-10,15,18,21H,11-13H2,1-3H3. The number of hydrogen-bond donors (Lipinski definition) is 0. The third-order valence-corrected chi connectivity index (χ3v) is 6.03. The van der Waals surface area contributed by atoms with Crippen LogP contribution in [0.1, 0.15) is 41.3 Å². The lowest BCUT2D eigenvalue weighted by Gasteiger charge is -2.33. The Kier molecular flexibility index (Phi) is 3.66. The molecular formula is C22H25N3O. The van der Waals surface area contributed by atoms with Gasteiger partial charge in [-0.1, -0.05) is 11.6 Å². The highest BCUT2D eigenvalue weighted by Crippen LogP contribution is 2.43. The van der Waals surface area contributed by atoms with Crippen molar-refractivity contribution in [3.8, 4) is 0 Å². The first-order valence-electron chi connectivity index (χ1n) is 9.47. The number of hydrogen-bond acceptors (Lipinski definition) is 3. The van der Waals surface area contributed by atoms with Crippen molar-refractivity contribution in [1.82, 2.24) is 14.5 Å². The first-order chi connectivity index (χ1) is 12.6. The maximum Gasteiger partial charge on any atom is 0.101 e. The van der Waals surface area contributed by atoms with Crippen LogP contribution < -0.4 is 0 Å². The summed E-state index contributed by atoms with van der Waals surface area (Å²) in [5.41, 5.74) is 6.87. The highest BCUT2D eigenvalue weighted by Gasteiger charge is 2.38. The number of aryl methyl sites for hydroxylation is 1. The molecule has 0 aliphatic carbocycles. The fraction of sp³-hybridized carbons (Fsp3) is 0.409. The van der Waals surface area contributed by atoms with Gasteiger partial charge >= 0.3 is 0 Å². The zero-order chi connectivity index (χ0) is 17.8. The number of ether oxygens (including phenoxy) is 1. The molecule has 2 aliphatic heterocycles. The largest absolute Gasteiger partial charge is 0.368 e. The molecule has 3 atom stereocenters. The molecule has 2 aromatic heterocycles. The van der Waals surface area contributed by atoms with Crippen LogP contribution in [0, 0.1) is 6.92 Å². The molecule has 0 radical (unpaired) electrons. The van der Waals surface area contributed by atoms with Crippen LogP contribution in [0.5, 0.6) is 0 Å². The van der Waals surface area contributed by atoms with E-state index in [0.29, 0.717) is 5.92 Å². The SMILES string of the molecule is Cc1ccc2c(c1)c1c3n2CC(c2ccncc2)OC(C)C3CN(C)C1. The lowest BCUT2D eigenvalue weighted by molar-refractivity contribution is -0.0209. The second kappa shape index (κ2) is 5.93. The lowest BCUT2D eigenvalue weighted by Crippen LogP contribution is -2.36. The number of nitrogens with zero attached hydrogens (tertiary/aromatic N) is 3. The quantitative estimate of drug-likeness (QED) is 0.666. The number of benzene rings is 1. The van der Waals surface area contributed by atoms with E-state index < -0.39 is 0 Å². The van der Waals surface area contributed by atoms with Crippen LogP contribution in [0.2, 0.25) is 0 Å². The Labute approximate surface area is 154 Å². The molecule has 4 heteroatoms.